The maximum absolute atomic E-state index is 12.9. The normalized spacial score (nSPS) is 10.7. The smallest absolute Gasteiger partial charge is 0.251 e. The van der Waals surface area contributed by atoms with Gasteiger partial charge in [0.15, 0.2) is 0 Å². The largest absolute Gasteiger partial charge is 0.330 e. The number of hydrogen-bond acceptors (Lipinski definition) is 3. The van der Waals surface area contributed by atoms with E-state index in [2.05, 4.69) is 9.97 Å². The zero-order chi connectivity index (χ0) is 13.8. The zero-order valence-electron chi connectivity index (χ0n) is 10.1. The lowest BCUT2D eigenvalue weighted by Gasteiger charge is -2.05. The van der Waals surface area contributed by atoms with E-state index in [1.165, 1.54) is 18.2 Å². The van der Waals surface area contributed by atoms with Crippen LogP contribution in [0.25, 0.3) is 0 Å². The minimum Gasteiger partial charge on any atom is -0.330 e. The first-order valence-corrected chi connectivity index (χ1v) is 6.19. The highest BCUT2D eigenvalue weighted by molar-refractivity contribution is 6.31. The molecule has 6 heteroatoms. The molecule has 1 heterocycles. The van der Waals surface area contributed by atoms with Gasteiger partial charge in [0.25, 0.3) is 5.56 Å². The fourth-order valence-corrected chi connectivity index (χ4v) is 2.00. The van der Waals surface area contributed by atoms with Gasteiger partial charge in [-0.1, -0.05) is 17.7 Å². The number of hydrogen-bond donors (Lipinski definition) is 2. The molecule has 1 aromatic heterocycles. The fourth-order valence-electron chi connectivity index (χ4n) is 1.77. The molecule has 0 saturated carbocycles. The maximum Gasteiger partial charge on any atom is 0.251 e. The molecule has 4 nitrogen and oxygen atoms in total. The minimum absolute atomic E-state index is 0.230. The van der Waals surface area contributed by atoms with Crippen molar-refractivity contribution in [2.45, 2.75) is 12.8 Å². The molecule has 3 N–H and O–H groups in total. The molecule has 0 aliphatic carbocycles. The summed E-state index contributed by atoms with van der Waals surface area (Å²) in [5.74, 6) is 0.0940. The van der Waals surface area contributed by atoms with Gasteiger partial charge in [0.2, 0.25) is 0 Å². The van der Waals surface area contributed by atoms with Gasteiger partial charge in [-0.05, 0) is 24.2 Å². The van der Waals surface area contributed by atoms with Crippen LogP contribution >= 0.6 is 11.6 Å². The van der Waals surface area contributed by atoms with Gasteiger partial charge in [0, 0.05) is 29.6 Å². The Morgan fingerprint density at radius 1 is 1.37 bits per heavy atom. The standard InChI is InChI=1S/C13H13ClFN3O/c14-11-6-9(15)2-1-8(11)5-12-17-10(3-4-16)7-13(19)18-12/h1-2,6-7H,3-5,16H2,(H,17,18,19). The highest BCUT2D eigenvalue weighted by Crippen LogP contribution is 2.19. The topological polar surface area (TPSA) is 71.8 Å². The summed E-state index contributed by atoms with van der Waals surface area (Å²) in [5.41, 5.74) is 6.55. The molecule has 19 heavy (non-hydrogen) atoms. The minimum atomic E-state index is -0.396. The number of H-pyrrole nitrogens is 1. The van der Waals surface area contributed by atoms with Crippen LogP contribution in [0.5, 0.6) is 0 Å². The van der Waals surface area contributed by atoms with Crippen LogP contribution in [-0.2, 0) is 12.8 Å². The number of aromatic nitrogens is 2. The third kappa shape index (κ3) is 3.62. The van der Waals surface area contributed by atoms with E-state index in [-0.39, 0.29) is 5.56 Å². The number of rotatable bonds is 4. The summed E-state index contributed by atoms with van der Waals surface area (Å²) in [6, 6.07) is 5.55. The van der Waals surface area contributed by atoms with Crippen LogP contribution in [-0.4, -0.2) is 16.5 Å². The summed E-state index contributed by atoms with van der Waals surface area (Å²) in [6.07, 6.45) is 0.876. The SMILES string of the molecule is NCCc1cc(=O)[nH]c(Cc2ccc(F)cc2Cl)n1. The Labute approximate surface area is 114 Å². The molecule has 0 spiro atoms. The van der Waals surface area contributed by atoms with Crippen molar-refractivity contribution in [1.82, 2.24) is 9.97 Å². The van der Waals surface area contributed by atoms with Crippen molar-refractivity contribution in [2.75, 3.05) is 6.54 Å². The highest BCUT2D eigenvalue weighted by Gasteiger charge is 2.06. The lowest BCUT2D eigenvalue weighted by atomic mass is 10.1. The van der Waals surface area contributed by atoms with E-state index in [0.717, 1.165) is 0 Å². The van der Waals surface area contributed by atoms with E-state index in [1.807, 2.05) is 0 Å². The number of nitrogens with one attached hydrogen (secondary N) is 1. The Hall–Kier alpha value is -1.72. The van der Waals surface area contributed by atoms with Crippen LogP contribution in [0.1, 0.15) is 17.1 Å². The van der Waals surface area contributed by atoms with E-state index < -0.39 is 5.82 Å². The Kier molecular flexibility index (Phi) is 4.29. The Morgan fingerprint density at radius 2 is 2.16 bits per heavy atom. The summed E-state index contributed by atoms with van der Waals surface area (Å²) < 4.78 is 12.9. The third-order valence-corrected chi connectivity index (χ3v) is 2.97. The first kappa shape index (κ1) is 13.7. The average Bonchev–Trinajstić information content (AvgIpc) is 2.32. The van der Waals surface area contributed by atoms with Crippen molar-refractivity contribution in [1.29, 1.82) is 0 Å². The molecule has 0 unspecified atom stereocenters. The van der Waals surface area contributed by atoms with Gasteiger partial charge in [-0.2, -0.15) is 0 Å². The van der Waals surface area contributed by atoms with Crippen LogP contribution in [0.3, 0.4) is 0 Å². The first-order valence-electron chi connectivity index (χ1n) is 5.81. The molecule has 0 atom stereocenters. The molecule has 0 aliphatic rings. The predicted octanol–water partition coefficient (Wildman–Crippen LogP) is 1.65. The van der Waals surface area contributed by atoms with E-state index in [1.54, 1.807) is 6.07 Å². The Bertz CT molecular complexity index is 642. The van der Waals surface area contributed by atoms with Crippen molar-refractivity contribution in [3.63, 3.8) is 0 Å². The lowest BCUT2D eigenvalue weighted by molar-refractivity contribution is 0.627. The van der Waals surface area contributed by atoms with E-state index in [0.29, 0.717) is 41.5 Å². The van der Waals surface area contributed by atoms with Crippen LogP contribution in [0.2, 0.25) is 5.02 Å². The van der Waals surface area contributed by atoms with Crippen molar-refractivity contribution >= 4 is 11.6 Å². The Morgan fingerprint density at radius 3 is 2.84 bits per heavy atom. The third-order valence-electron chi connectivity index (χ3n) is 2.62. The van der Waals surface area contributed by atoms with Crippen molar-refractivity contribution in [3.8, 4) is 0 Å². The molecule has 0 aliphatic heterocycles. The second-order valence-electron chi connectivity index (χ2n) is 4.13. The van der Waals surface area contributed by atoms with Crippen molar-refractivity contribution in [3.05, 3.63) is 62.5 Å². The van der Waals surface area contributed by atoms with Crippen molar-refractivity contribution in [2.24, 2.45) is 5.73 Å². The molecule has 0 fully saturated rings. The number of aromatic amines is 1. The Balaban J connectivity index is 2.30. The van der Waals surface area contributed by atoms with Gasteiger partial charge >= 0.3 is 0 Å². The zero-order valence-corrected chi connectivity index (χ0v) is 10.9. The first-order chi connectivity index (χ1) is 9.08. The van der Waals surface area contributed by atoms with Gasteiger partial charge in [-0.25, -0.2) is 9.37 Å². The van der Waals surface area contributed by atoms with Crippen LogP contribution < -0.4 is 11.3 Å². The molecular weight excluding hydrogens is 269 g/mol. The molecular formula is C13H13ClFN3O. The quantitative estimate of drug-likeness (QED) is 0.895. The monoisotopic (exact) mass is 281 g/mol. The molecule has 0 radical (unpaired) electrons. The highest BCUT2D eigenvalue weighted by atomic mass is 35.5. The maximum atomic E-state index is 12.9. The summed E-state index contributed by atoms with van der Waals surface area (Å²) in [5, 5.41) is 0.312. The van der Waals surface area contributed by atoms with Crippen LogP contribution in [0.15, 0.2) is 29.1 Å². The van der Waals surface area contributed by atoms with Gasteiger partial charge in [0.1, 0.15) is 11.6 Å². The summed E-state index contributed by atoms with van der Waals surface area (Å²) in [7, 11) is 0. The summed E-state index contributed by atoms with van der Waals surface area (Å²) in [6.45, 7) is 0.424. The average molecular weight is 282 g/mol. The molecule has 0 amide bonds. The van der Waals surface area contributed by atoms with Crippen molar-refractivity contribution < 1.29 is 4.39 Å². The molecule has 100 valence electrons. The lowest BCUT2D eigenvalue weighted by Crippen LogP contribution is -2.15. The van der Waals surface area contributed by atoms with E-state index >= 15 is 0 Å². The molecule has 0 bridgehead atoms. The second kappa shape index (κ2) is 5.95. The van der Waals surface area contributed by atoms with Gasteiger partial charge < -0.3 is 10.7 Å². The second-order valence-corrected chi connectivity index (χ2v) is 4.54. The van der Waals surface area contributed by atoms with Crippen LogP contribution in [0.4, 0.5) is 4.39 Å². The fraction of sp³-hybridized carbons (Fsp3) is 0.231. The molecule has 1 aromatic carbocycles. The summed E-state index contributed by atoms with van der Waals surface area (Å²) in [4.78, 5) is 18.4. The number of halogens is 2. The van der Waals surface area contributed by atoms with E-state index in [4.69, 9.17) is 17.3 Å². The van der Waals surface area contributed by atoms with E-state index in [9.17, 15) is 9.18 Å². The predicted molar refractivity (Wildman–Crippen MR) is 71.8 cm³/mol. The van der Waals surface area contributed by atoms with Gasteiger partial charge in [-0.3, -0.25) is 4.79 Å². The molecule has 2 rings (SSSR count). The number of benzene rings is 1. The number of nitrogens with two attached hydrogens (primary N) is 1. The molecule has 0 saturated heterocycles. The number of nitrogens with zero attached hydrogens (tertiary/aromatic N) is 1. The van der Waals surface area contributed by atoms with Gasteiger partial charge in [-0.15, -0.1) is 0 Å². The summed E-state index contributed by atoms with van der Waals surface area (Å²) >= 11 is 5.94. The molecule has 2 aromatic rings. The van der Waals surface area contributed by atoms with Gasteiger partial charge in [0.05, 0.1) is 0 Å². The van der Waals surface area contributed by atoms with Crippen LogP contribution in [0, 0.1) is 5.82 Å².